The highest BCUT2D eigenvalue weighted by molar-refractivity contribution is 7.20. The van der Waals surface area contributed by atoms with E-state index >= 15 is 0 Å². The Bertz CT molecular complexity index is 3190. The number of furan rings is 1. The summed E-state index contributed by atoms with van der Waals surface area (Å²) in [6, 6.07) is 55.7. The summed E-state index contributed by atoms with van der Waals surface area (Å²) in [4.78, 5) is 1.41. The molecule has 12 rings (SSSR count). The van der Waals surface area contributed by atoms with Gasteiger partial charge in [-0.15, -0.1) is 11.3 Å². The molecule has 3 aromatic heterocycles. The lowest BCUT2D eigenvalue weighted by Crippen LogP contribution is -2.22. The lowest BCUT2D eigenvalue weighted by Gasteiger charge is -2.25. The average molecular weight is 628 g/mol. The van der Waals surface area contributed by atoms with Crippen molar-refractivity contribution in [2.45, 2.75) is 5.54 Å². The topological polar surface area (TPSA) is 18.1 Å². The van der Waals surface area contributed by atoms with Crippen molar-refractivity contribution in [2.75, 3.05) is 0 Å². The molecule has 0 spiro atoms. The number of fused-ring (bicyclic) bond motifs is 16. The van der Waals surface area contributed by atoms with E-state index in [0.717, 1.165) is 22.1 Å². The van der Waals surface area contributed by atoms with Gasteiger partial charge in [-0.2, -0.15) is 0 Å². The predicted octanol–water partition coefficient (Wildman–Crippen LogP) is 12.5. The maximum absolute atomic E-state index is 7.03. The molecule has 3 heteroatoms. The monoisotopic (exact) mass is 627 g/mol. The first kappa shape index (κ1) is 25.2. The Balaban J connectivity index is 1.39. The van der Waals surface area contributed by atoms with Gasteiger partial charge in [0.15, 0.2) is 5.58 Å². The van der Waals surface area contributed by atoms with Crippen LogP contribution in [0.5, 0.6) is 0 Å². The molecule has 2 nitrogen and oxygen atoms in total. The van der Waals surface area contributed by atoms with Crippen molar-refractivity contribution in [1.82, 2.24) is 4.57 Å². The Morgan fingerprint density at radius 3 is 1.98 bits per heavy atom. The van der Waals surface area contributed by atoms with Gasteiger partial charge >= 0.3 is 0 Å². The third-order valence-electron chi connectivity index (χ3n) is 10.9. The molecular weight excluding hydrogens is 603 g/mol. The van der Waals surface area contributed by atoms with Crippen LogP contribution in [0.4, 0.5) is 0 Å². The fourth-order valence-electron chi connectivity index (χ4n) is 8.87. The van der Waals surface area contributed by atoms with Crippen molar-refractivity contribution in [3.05, 3.63) is 168 Å². The lowest BCUT2D eigenvalue weighted by molar-refractivity contribution is 0.649. The summed E-state index contributed by atoms with van der Waals surface area (Å²) in [7, 11) is 0. The van der Waals surface area contributed by atoms with E-state index in [-0.39, 0.29) is 0 Å². The van der Waals surface area contributed by atoms with Gasteiger partial charge in [-0.3, -0.25) is 0 Å². The molecule has 0 aliphatic heterocycles. The maximum Gasteiger partial charge on any atom is 0.160 e. The van der Waals surface area contributed by atoms with Crippen molar-refractivity contribution in [3.63, 3.8) is 0 Å². The zero-order valence-corrected chi connectivity index (χ0v) is 26.5. The molecule has 48 heavy (non-hydrogen) atoms. The molecule has 222 valence electrons. The molecule has 0 amide bonds. The third kappa shape index (κ3) is 2.91. The van der Waals surface area contributed by atoms with Gasteiger partial charge in [0, 0.05) is 42.1 Å². The molecular formula is C45H25NOS. The van der Waals surface area contributed by atoms with E-state index in [0.29, 0.717) is 0 Å². The quantitative estimate of drug-likeness (QED) is 0.186. The number of benzene rings is 8. The molecule has 1 unspecified atom stereocenters. The number of hydrogen-bond donors (Lipinski definition) is 0. The Labute approximate surface area is 278 Å². The molecule has 0 N–H and O–H groups in total. The van der Waals surface area contributed by atoms with Crippen molar-refractivity contribution >= 4 is 97.5 Å². The number of hydrogen-bond acceptors (Lipinski definition) is 2. The van der Waals surface area contributed by atoms with Crippen LogP contribution in [0.2, 0.25) is 0 Å². The van der Waals surface area contributed by atoms with Gasteiger partial charge in [-0.25, -0.2) is 0 Å². The van der Waals surface area contributed by atoms with Gasteiger partial charge in [-0.1, -0.05) is 133 Å². The molecule has 1 aliphatic rings. The minimum Gasteiger partial charge on any atom is -0.454 e. The fraction of sp³-hybridized carbons (Fsp3) is 0.0222. The summed E-state index contributed by atoms with van der Waals surface area (Å²) in [6.45, 7) is 0. The first-order valence-electron chi connectivity index (χ1n) is 16.5. The summed E-state index contributed by atoms with van der Waals surface area (Å²) < 4.78 is 11.1. The van der Waals surface area contributed by atoms with Crippen LogP contribution in [0.1, 0.15) is 16.0 Å². The molecule has 8 aromatic carbocycles. The summed E-state index contributed by atoms with van der Waals surface area (Å²) in [5, 5.41) is 13.7. The van der Waals surface area contributed by atoms with Crippen LogP contribution in [0.3, 0.4) is 0 Å². The van der Waals surface area contributed by atoms with Gasteiger partial charge in [0.25, 0.3) is 0 Å². The van der Waals surface area contributed by atoms with Crippen LogP contribution in [-0.2, 0) is 5.54 Å². The van der Waals surface area contributed by atoms with Crippen molar-refractivity contribution in [2.24, 2.45) is 0 Å². The van der Waals surface area contributed by atoms with Gasteiger partial charge in [0.2, 0.25) is 0 Å². The normalized spacial score (nSPS) is 16.0. The Morgan fingerprint density at radius 1 is 0.479 bits per heavy atom. The van der Waals surface area contributed by atoms with E-state index in [1.54, 1.807) is 0 Å². The summed E-state index contributed by atoms with van der Waals surface area (Å²) in [6.07, 6.45) is 0. The van der Waals surface area contributed by atoms with Crippen molar-refractivity contribution in [1.29, 1.82) is 0 Å². The van der Waals surface area contributed by atoms with E-state index in [1.807, 2.05) is 11.3 Å². The second-order valence-corrected chi connectivity index (χ2v) is 14.2. The third-order valence-corrected chi connectivity index (χ3v) is 12.1. The predicted molar refractivity (Wildman–Crippen MR) is 203 cm³/mol. The average Bonchev–Trinajstić information content (AvgIpc) is 3.45. The van der Waals surface area contributed by atoms with E-state index in [9.17, 15) is 0 Å². The van der Waals surface area contributed by atoms with E-state index < -0.39 is 5.54 Å². The van der Waals surface area contributed by atoms with E-state index in [4.69, 9.17) is 4.42 Å². The van der Waals surface area contributed by atoms with Crippen molar-refractivity contribution < 1.29 is 4.42 Å². The summed E-state index contributed by atoms with van der Waals surface area (Å²) in [5.41, 5.74) is 6.49. The smallest absolute Gasteiger partial charge is 0.160 e. The van der Waals surface area contributed by atoms with Gasteiger partial charge in [0.1, 0.15) is 11.1 Å². The number of rotatable bonds is 2. The highest BCUT2D eigenvalue weighted by atomic mass is 32.1. The van der Waals surface area contributed by atoms with Crippen molar-refractivity contribution in [3.8, 4) is 0 Å². The largest absolute Gasteiger partial charge is 0.454 e. The number of thiophene rings is 1. The van der Waals surface area contributed by atoms with Gasteiger partial charge in [0.05, 0.1) is 11.0 Å². The molecule has 0 bridgehead atoms. The van der Waals surface area contributed by atoms with Crippen LogP contribution in [0.15, 0.2) is 156 Å². The molecule has 0 fully saturated rings. The van der Waals surface area contributed by atoms with Crippen LogP contribution >= 0.6 is 11.3 Å². The maximum atomic E-state index is 7.03. The highest BCUT2D eigenvalue weighted by Gasteiger charge is 2.58. The van der Waals surface area contributed by atoms with E-state index in [2.05, 4.69) is 156 Å². The van der Waals surface area contributed by atoms with Crippen LogP contribution in [-0.4, -0.2) is 4.57 Å². The Kier molecular flexibility index (Phi) is 4.58. The molecule has 0 radical (unpaired) electrons. The second kappa shape index (κ2) is 8.71. The van der Waals surface area contributed by atoms with Gasteiger partial charge in [-0.05, 0) is 56.1 Å². The summed E-state index contributed by atoms with van der Waals surface area (Å²) in [5.74, 6) is 0. The molecule has 11 aromatic rings. The number of nitrogens with zero attached hydrogens (tertiary/aromatic N) is 1. The molecule has 0 saturated carbocycles. The van der Waals surface area contributed by atoms with Crippen LogP contribution in [0, 0.1) is 0 Å². The van der Waals surface area contributed by atoms with E-state index in [1.165, 1.54) is 80.1 Å². The zero-order chi connectivity index (χ0) is 31.1. The minimum absolute atomic E-state index is 0.485. The Hall–Kier alpha value is -5.90. The Morgan fingerprint density at radius 2 is 1.12 bits per heavy atom. The first-order valence-corrected chi connectivity index (χ1v) is 17.3. The molecule has 1 aliphatic carbocycles. The van der Waals surface area contributed by atoms with Gasteiger partial charge < -0.3 is 8.98 Å². The zero-order valence-electron chi connectivity index (χ0n) is 25.7. The highest BCUT2D eigenvalue weighted by Crippen LogP contribution is 2.65. The minimum atomic E-state index is -0.485. The standard InChI is InChI=1S/C45H25NOS/c1-2-13-28-25-29(23-21-26(28)11-1)45(40-34-18-8-10-20-37(34)48-44(40)45)46-41-30-14-4-3-12-27(30)22-24-35(41)38-31-15-5-6-16-32(31)39-33-17-7-9-19-36(33)47-43(39)42(38)46/h1-25H. The first-order chi connectivity index (χ1) is 23.8. The SMILES string of the molecule is c1ccc2cc(C3(n4c5c6ccccc6ccc5c5c6ccccc6c6c7ccccc7oc6c54)c4sc5ccccc5c43)ccc2c1. The molecule has 0 saturated heterocycles. The molecule has 1 atom stereocenters. The number of para-hydroxylation sites is 1. The second-order valence-electron chi connectivity index (χ2n) is 13.2. The fourth-order valence-corrected chi connectivity index (χ4v) is 10.3. The lowest BCUT2D eigenvalue weighted by atomic mass is 9.95. The number of aromatic nitrogens is 1. The summed E-state index contributed by atoms with van der Waals surface area (Å²) >= 11 is 1.94. The van der Waals surface area contributed by atoms with Crippen LogP contribution in [0.25, 0.3) is 86.1 Å². The van der Waals surface area contributed by atoms with Crippen LogP contribution < -0.4 is 0 Å². The molecule has 3 heterocycles.